The molecule has 0 spiro atoms. The zero-order chi connectivity index (χ0) is 13.7. The number of hydrogen-bond acceptors (Lipinski definition) is 4. The van der Waals surface area contributed by atoms with E-state index in [-0.39, 0.29) is 0 Å². The van der Waals surface area contributed by atoms with E-state index in [4.69, 9.17) is 0 Å². The molecule has 0 aromatic carbocycles. The molecule has 0 amide bonds. The third kappa shape index (κ3) is 3.17. The minimum atomic E-state index is 0.899. The summed E-state index contributed by atoms with van der Waals surface area (Å²) in [7, 11) is 0. The molecule has 0 atom stereocenters. The van der Waals surface area contributed by atoms with Crippen molar-refractivity contribution < 1.29 is 0 Å². The van der Waals surface area contributed by atoms with Crippen LogP contribution in [0.1, 0.15) is 45.6 Å². The molecule has 106 valence electrons. The normalized spacial score (nSPS) is 16.7. The molecule has 1 saturated heterocycles. The minimum Gasteiger partial charge on any atom is -0.370 e. The van der Waals surface area contributed by atoms with Crippen molar-refractivity contribution in [3.63, 3.8) is 0 Å². The Balaban J connectivity index is 2.17. The molecule has 0 bridgehead atoms. The number of anilines is 2. The van der Waals surface area contributed by atoms with Gasteiger partial charge in [-0.15, -0.1) is 0 Å². The quantitative estimate of drug-likeness (QED) is 0.885. The van der Waals surface area contributed by atoms with Crippen molar-refractivity contribution in [1.82, 2.24) is 9.97 Å². The summed E-state index contributed by atoms with van der Waals surface area (Å²) in [6.45, 7) is 9.76. The smallest absolute Gasteiger partial charge is 0.137 e. The summed E-state index contributed by atoms with van der Waals surface area (Å²) < 4.78 is 0. The van der Waals surface area contributed by atoms with Crippen LogP contribution >= 0.6 is 0 Å². The van der Waals surface area contributed by atoms with Gasteiger partial charge in [-0.05, 0) is 32.1 Å². The van der Waals surface area contributed by atoms with Crippen molar-refractivity contribution in [3.05, 3.63) is 11.9 Å². The Bertz CT molecular complexity index is 397. The molecular formula is C15H26N4. The van der Waals surface area contributed by atoms with Gasteiger partial charge in [-0.3, -0.25) is 0 Å². The highest BCUT2D eigenvalue weighted by atomic mass is 15.2. The molecule has 19 heavy (non-hydrogen) atoms. The van der Waals surface area contributed by atoms with E-state index >= 15 is 0 Å². The van der Waals surface area contributed by atoms with Crippen molar-refractivity contribution in [2.45, 2.75) is 46.5 Å². The predicted octanol–water partition coefficient (Wildman–Crippen LogP) is 3.10. The fraction of sp³-hybridized carbons (Fsp3) is 0.733. The number of hydrogen-bond donors (Lipinski definition) is 1. The molecule has 1 aliphatic heterocycles. The maximum atomic E-state index is 4.54. The molecule has 2 rings (SSSR count). The van der Waals surface area contributed by atoms with Gasteiger partial charge in [-0.25, -0.2) is 9.97 Å². The third-order valence-electron chi connectivity index (χ3n) is 4.11. The van der Waals surface area contributed by atoms with Crippen molar-refractivity contribution in [3.8, 4) is 0 Å². The van der Waals surface area contributed by atoms with Gasteiger partial charge >= 0.3 is 0 Å². The van der Waals surface area contributed by atoms with Crippen LogP contribution in [-0.4, -0.2) is 29.6 Å². The molecule has 0 aliphatic carbocycles. The van der Waals surface area contributed by atoms with Crippen LogP contribution in [0.5, 0.6) is 0 Å². The molecule has 1 N–H and O–H groups in total. The number of nitrogens with zero attached hydrogens (tertiary/aromatic N) is 3. The van der Waals surface area contributed by atoms with Crippen LogP contribution < -0.4 is 10.2 Å². The van der Waals surface area contributed by atoms with E-state index in [0.717, 1.165) is 43.6 Å². The van der Waals surface area contributed by atoms with E-state index in [9.17, 15) is 0 Å². The second kappa shape index (κ2) is 6.73. The van der Waals surface area contributed by atoms with E-state index in [1.807, 2.05) is 0 Å². The van der Waals surface area contributed by atoms with Crippen LogP contribution in [0.4, 0.5) is 11.6 Å². The minimum absolute atomic E-state index is 0.899. The van der Waals surface area contributed by atoms with Crippen LogP contribution in [0.25, 0.3) is 0 Å². The molecular weight excluding hydrogens is 236 g/mol. The molecule has 4 heteroatoms. The highest BCUT2D eigenvalue weighted by Crippen LogP contribution is 2.28. The third-order valence-corrected chi connectivity index (χ3v) is 4.11. The second-order valence-corrected chi connectivity index (χ2v) is 5.25. The number of piperidine rings is 1. The zero-order valence-electron chi connectivity index (χ0n) is 12.4. The van der Waals surface area contributed by atoms with E-state index in [0.29, 0.717) is 0 Å². The van der Waals surface area contributed by atoms with Crippen molar-refractivity contribution >= 4 is 11.6 Å². The number of rotatable bonds is 5. The van der Waals surface area contributed by atoms with Gasteiger partial charge in [-0.1, -0.05) is 20.3 Å². The topological polar surface area (TPSA) is 41.1 Å². The molecule has 1 aliphatic rings. The van der Waals surface area contributed by atoms with Gasteiger partial charge in [-0.2, -0.15) is 0 Å². The Kier molecular flexibility index (Phi) is 5.00. The fourth-order valence-corrected chi connectivity index (χ4v) is 2.87. The molecule has 0 radical (unpaired) electrons. The summed E-state index contributed by atoms with van der Waals surface area (Å²) in [6.07, 6.45) is 6.56. The maximum Gasteiger partial charge on any atom is 0.137 e. The molecule has 4 nitrogen and oxygen atoms in total. The van der Waals surface area contributed by atoms with Crippen LogP contribution in [0.3, 0.4) is 0 Å². The molecule has 2 heterocycles. The van der Waals surface area contributed by atoms with Crippen molar-refractivity contribution in [1.29, 1.82) is 0 Å². The monoisotopic (exact) mass is 262 g/mol. The van der Waals surface area contributed by atoms with Gasteiger partial charge in [0.2, 0.25) is 0 Å². The molecule has 0 saturated carbocycles. The first-order valence-corrected chi connectivity index (χ1v) is 7.62. The molecule has 0 unspecified atom stereocenters. The Labute approximate surface area is 116 Å². The lowest BCUT2D eigenvalue weighted by Crippen LogP contribution is -2.35. The highest BCUT2D eigenvalue weighted by Gasteiger charge is 2.21. The molecule has 1 aromatic heterocycles. The Morgan fingerprint density at radius 1 is 1.21 bits per heavy atom. The van der Waals surface area contributed by atoms with Crippen molar-refractivity contribution in [2.75, 3.05) is 29.9 Å². The highest BCUT2D eigenvalue weighted by molar-refractivity contribution is 5.58. The van der Waals surface area contributed by atoms with Gasteiger partial charge in [0.05, 0.1) is 0 Å². The van der Waals surface area contributed by atoms with Gasteiger partial charge in [0.1, 0.15) is 18.0 Å². The van der Waals surface area contributed by atoms with Gasteiger partial charge in [0.15, 0.2) is 0 Å². The number of nitrogens with one attached hydrogen (secondary N) is 1. The molecule has 1 fully saturated rings. The standard InChI is InChI=1S/C15H26N4/c1-4-12-7-9-19(10-8-12)15-13(5-2)14(16-6-3)17-11-18-15/h11-12H,4-10H2,1-3H3,(H,16,17,18). The zero-order valence-corrected chi connectivity index (χ0v) is 12.4. The SMILES string of the molecule is CCNc1ncnc(N2CCC(CC)CC2)c1CC. The lowest BCUT2D eigenvalue weighted by Gasteiger charge is -2.33. The average molecular weight is 262 g/mol. The first-order chi connectivity index (χ1) is 9.30. The van der Waals surface area contributed by atoms with Crippen LogP contribution in [-0.2, 0) is 6.42 Å². The van der Waals surface area contributed by atoms with E-state index in [1.54, 1.807) is 6.33 Å². The Hall–Kier alpha value is -1.32. The summed E-state index contributed by atoms with van der Waals surface area (Å²) in [6, 6.07) is 0. The lowest BCUT2D eigenvalue weighted by atomic mass is 9.94. The van der Waals surface area contributed by atoms with E-state index in [2.05, 4.69) is 41.0 Å². The average Bonchev–Trinajstić information content (AvgIpc) is 2.47. The molecule has 1 aromatic rings. The lowest BCUT2D eigenvalue weighted by molar-refractivity contribution is 0.393. The Morgan fingerprint density at radius 2 is 1.95 bits per heavy atom. The fourth-order valence-electron chi connectivity index (χ4n) is 2.87. The predicted molar refractivity (Wildman–Crippen MR) is 80.8 cm³/mol. The van der Waals surface area contributed by atoms with Gasteiger partial charge < -0.3 is 10.2 Å². The van der Waals surface area contributed by atoms with Crippen LogP contribution in [0.15, 0.2) is 6.33 Å². The summed E-state index contributed by atoms with van der Waals surface area (Å²) in [5.74, 6) is 3.05. The summed E-state index contributed by atoms with van der Waals surface area (Å²) in [5, 5.41) is 3.35. The van der Waals surface area contributed by atoms with Gasteiger partial charge in [0, 0.05) is 25.2 Å². The summed E-state index contributed by atoms with van der Waals surface area (Å²) in [4.78, 5) is 11.4. The van der Waals surface area contributed by atoms with E-state index in [1.165, 1.54) is 24.8 Å². The van der Waals surface area contributed by atoms with E-state index < -0.39 is 0 Å². The van der Waals surface area contributed by atoms with Crippen LogP contribution in [0, 0.1) is 5.92 Å². The summed E-state index contributed by atoms with van der Waals surface area (Å²) >= 11 is 0. The number of aromatic nitrogens is 2. The maximum absolute atomic E-state index is 4.54. The van der Waals surface area contributed by atoms with Crippen molar-refractivity contribution in [2.24, 2.45) is 5.92 Å². The summed E-state index contributed by atoms with van der Waals surface area (Å²) in [5.41, 5.74) is 1.26. The Morgan fingerprint density at radius 3 is 2.53 bits per heavy atom. The first-order valence-electron chi connectivity index (χ1n) is 7.62. The largest absolute Gasteiger partial charge is 0.370 e. The second-order valence-electron chi connectivity index (χ2n) is 5.25. The van der Waals surface area contributed by atoms with Crippen LogP contribution in [0.2, 0.25) is 0 Å². The first kappa shape index (κ1) is 14.1. The van der Waals surface area contributed by atoms with Gasteiger partial charge in [0.25, 0.3) is 0 Å².